The molecule has 7 nitrogen and oxygen atoms in total. The van der Waals surface area contributed by atoms with Crippen molar-refractivity contribution >= 4 is 63.8 Å². The van der Waals surface area contributed by atoms with Gasteiger partial charge in [-0.1, -0.05) is 29.3 Å². The van der Waals surface area contributed by atoms with Gasteiger partial charge in [-0.2, -0.15) is 0 Å². The summed E-state index contributed by atoms with van der Waals surface area (Å²) in [4.78, 5) is 27.7. The number of carbonyl (C=O) groups excluding carboxylic acids is 1. The Kier molecular flexibility index (Phi) is 6.68. The third kappa shape index (κ3) is 5.44. The number of aliphatic imine (C=N–C) groups is 1. The van der Waals surface area contributed by atoms with E-state index in [1.54, 1.807) is 42.5 Å². The molecule has 2 aromatic rings. The van der Waals surface area contributed by atoms with Gasteiger partial charge >= 0.3 is 5.97 Å². The number of rotatable bonds is 6. The number of hydrogen-bond acceptors (Lipinski definition) is 6. The molecule has 0 saturated carbocycles. The molecule has 0 spiro atoms. The van der Waals surface area contributed by atoms with Crippen LogP contribution in [0.4, 0.5) is 5.69 Å². The fourth-order valence-electron chi connectivity index (χ4n) is 2.35. The highest BCUT2D eigenvalue weighted by atomic mass is 35.5. The van der Waals surface area contributed by atoms with Crippen molar-refractivity contribution in [2.45, 2.75) is 0 Å². The summed E-state index contributed by atoms with van der Waals surface area (Å²) in [7, 11) is 1.44. The van der Waals surface area contributed by atoms with Gasteiger partial charge in [-0.15, -0.1) is 0 Å². The first-order chi connectivity index (χ1) is 13.9. The summed E-state index contributed by atoms with van der Waals surface area (Å²) >= 11 is 13.2. The molecule has 1 fully saturated rings. The summed E-state index contributed by atoms with van der Waals surface area (Å²) < 4.78 is 10.4. The van der Waals surface area contributed by atoms with E-state index in [2.05, 4.69) is 10.3 Å². The topological polar surface area (TPSA) is 97.2 Å². The molecular weight excluding hydrogens is 439 g/mol. The van der Waals surface area contributed by atoms with Crippen molar-refractivity contribution in [3.63, 3.8) is 0 Å². The first-order valence-corrected chi connectivity index (χ1v) is 9.70. The summed E-state index contributed by atoms with van der Waals surface area (Å²) in [5.74, 6) is -0.750. The van der Waals surface area contributed by atoms with Gasteiger partial charge in [-0.05, 0) is 53.7 Å². The van der Waals surface area contributed by atoms with E-state index in [0.717, 1.165) is 11.8 Å². The third-order valence-electron chi connectivity index (χ3n) is 3.62. The lowest BCUT2D eigenvalue weighted by molar-refractivity contribution is -0.139. The van der Waals surface area contributed by atoms with Crippen molar-refractivity contribution in [2.75, 3.05) is 13.7 Å². The van der Waals surface area contributed by atoms with Gasteiger partial charge in [0, 0.05) is 5.02 Å². The van der Waals surface area contributed by atoms with Crippen LogP contribution in [-0.2, 0) is 9.59 Å². The second-order valence-electron chi connectivity index (χ2n) is 5.67. The van der Waals surface area contributed by atoms with Gasteiger partial charge in [0.25, 0.3) is 5.91 Å². The molecule has 0 bridgehead atoms. The summed E-state index contributed by atoms with van der Waals surface area (Å²) in [6.07, 6.45) is 1.66. The number of nitrogens with one attached hydrogen (secondary N) is 1. The maximum absolute atomic E-state index is 12.3. The largest absolute Gasteiger partial charge is 0.493 e. The van der Waals surface area contributed by atoms with E-state index < -0.39 is 12.6 Å². The monoisotopic (exact) mass is 452 g/mol. The fourth-order valence-corrected chi connectivity index (χ4v) is 3.63. The molecule has 0 unspecified atom stereocenters. The number of methoxy groups -OCH3 is 1. The number of amides is 1. The van der Waals surface area contributed by atoms with Crippen LogP contribution in [0.2, 0.25) is 10.0 Å². The number of hydrogen-bond donors (Lipinski definition) is 2. The van der Waals surface area contributed by atoms with Gasteiger partial charge in [0.2, 0.25) is 0 Å². The Morgan fingerprint density at radius 2 is 2.03 bits per heavy atom. The molecular formula is C19H14Cl2N2O5S. The first-order valence-electron chi connectivity index (χ1n) is 8.13. The SMILES string of the molecule is COc1cc(/C=C2/SC(=Nc3ccc(Cl)cc3Cl)NC2=O)ccc1OCC(=O)O. The van der Waals surface area contributed by atoms with Gasteiger partial charge in [-0.3, -0.25) is 4.79 Å². The number of amidine groups is 1. The highest BCUT2D eigenvalue weighted by Crippen LogP contribution is 2.34. The lowest BCUT2D eigenvalue weighted by Gasteiger charge is -2.09. The highest BCUT2D eigenvalue weighted by Gasteiger charge is 2.24. The Labute approximate surface area is 180 Å². The maximum atomic E-state index is 12.3. The molecule has 150 valence electrons. The summed E-state index contributed by atoms with van der Waals surface area (Å²) in [6.45, 7) is -0.484. The molecule has 10 heteroatoms. The zero-order valence-electron chi connectivity index (χ0n) is 14.9. The van der Waals surface area contributed by atoms with E-state index in [1.165, 1.54) is 7.11 Å². The number of carbonyl (C=O) groups is 2. The zero-order valence-corrected chi connectivity index (χ0v) is 17.3. The zero-order chi connectivity index (χ0) is 21.0. The van der Waals surface area contributed by atoms with Crippen LogP contribution in [0.15, 0.2) is 46.3 Å². The molecule has 0 aliphatic carbocycles. The van der Waals surface area contributed by atoms with Crippen molar-refractivity contribution < 1.29 is 24.2 Å². The van der Waals surface area contributed by atoms with Crippen LogP contribution in [-0.4, -0.2) is 35.9 Å². The van der Waals surface area contributed by atoms with Crippen LogP contribution < -0.4 is 14.8 Å². The molecule has 2 N–H and O–H groups in total. The molecule has 0 radical (unpaired) electrons. The summed E-state index contributed by atoms with van der Waals surface area (Å²) in [5.41, 5.74) is 1.16. The second kappa shape index (κ2) is 9.21. The molecule has 0 aromatic heterocycles. The Balaban J connectivity index is 1.81. The molecule has 1 saturated heterocycles. The van der Waals surface area contributed by atoms with E-state index in [0.29, 0.717) is 42.9 Å². The Bertz CT molecular complexity index is 1040. The number of thioether (sulfide) groups is 1. The molecule has 3 rings (SSSR count). The Hall–Kier alpha value is -2.68. The van der Waals surface area contributed by atoms with E-state index >= 15 is 0 Å². The van der Waals surface area contributed by atoms with Gasteiger partial charge < -0.3 is 19.9 Å². The van der Waals surface area contributed by atoms with Crippen molar-refractivity contribution in [2.24, 2.45) is 4.99 Å². The standard InChI is InChI=1S/C19H14Cl2N2O5S/c1-27-15-6-10(2-5-14(15)28-9-17(24)25)7-16-18(26)23-19(29-16)22-13-4-3-11(20)8-12(13)21/h2-8H,9H2,1H3,(H,24,25)(H,22,23,26)/b16-7+. The first kappa shape index (κ1) is 21.0. The Morgan fingerprint density at radius 3 is 2.72 bits per heavy atom. The number of carboxylic acid groups (broad SMARTS) is 1. The normalized spacial score (nSPS) is 16.2. The summed E-state index contributed by atoms with van der Waals surface area (Å²) in [5, 5.41) is 12.7. The quantitative estimate of drug-likeness (QED) is 0.631. The van der Waals surface area contributed by atoms with E-state index in [-0.39, 0.29) is 5.91 Å². The van der Waals surface area contributed by atoms with Crippen molar-refractivity contribution in [3.05, 3.63) is 56.9 Å². The van der Waals surface area contributed by atoms with E-state index in [4.69, 9.17) is 37.8 Å². The third-order valence-corrected chi connectivity index (χ3v) is 5.07. The van der Waals surface area contributed by atoms with Crippen LogP contribution >= 0.6 is 35.0 Å². The summed E-state index contributed by atoms with van der Waals surface area (Å²) in [6, 6.07) is 9.79. The van der Waals surface area contributed by atoms with Gasteiger partial charge in [-0.25, -0.2) is 9.79 Å². The number of ether oxygens (including phenoxy) is 2. The number of nitrogens with zero attached hydrogens (tertiary/aromatic N) is 1. The average Bonchev–Trinajstić information content (AvgIpc) is 3.01. The average molecular weight is 453 g/mol. The number of aliphatic carboxylic acids is 1. The Morgan fingerprint density at radius 1 is 1.24 bits per heavy atom. The smallest absolute Gasteiger partial charge is 0.341 e. The van der Waals surface area contributed by atoms with Crippen LogP contribution in [0, 0.1) is 0 Å². The molecule has 1 heterocycles. The predicted molar refractivity (Wildman–Crippen MR) is 113 cm³/mol. The molecule has 0 atom stereocenters. The molecule has 29 heavy (non-hydrogen) atoms. The van der Waals surface area contributed by atoms with Crippen molar-refractivity contribution in [1.29, 1.82) is 0 Å². The van der Waals surface area contributed by atoms with Gasteiger partial charge in [0.1, 0.15) is 0 Å². The minimum Gasteiger partial charge on any atom is -0.493 e. The number of carboxylic acids is 1. The minimum absolute atomic E-state index is 0.292. The lowest BCUT2D eigenvalue weighted by Crippen LogP contribution is -2.19. The lowest BCUT2D eigenvalue weighted by atomic mass is 10.2. The number of halogens is 2. The predicted octanol–water partition coefficient (Wildman–Crippen LogP) is 4.36. The van der Waals surface area contributed by atoms with E-state index in [9.17, 15) is 9.59 Å². The molecule has 1 amide bonds. The van der Waals surface area contributed by atoms with Crippen LogP contribution in [0.3, 0.4) is 0 Å². The van der Waals surface area contributed by atoms with Crippen LogP contribution in [0.5, 0.6) is 11.5 Å². The fraction of sp³-hybridized carbons (Fsp3) is 0.105. The highest BCUT2D eigenvalue weighted by molar-refractivity contribution is 8.18. The minimum atomic E-state index is -1.09. The van der Waals surface area contributed by atoms with Gasteiger partial charge in [0.15, 0.2) is 23.3 Å². The van der Waals surface area contributed by atoms with Crippen LogP contribution in [0.1, 0.15) is 5.56 Å². The molecule has 2 aromatic carbocycles. The second-order valence-corrected chi connectivity index (χ2v) is 7.54. The number of benzene rings is 2. The maximum Gasteiger partial charge on any atom is 0.341 e. The van der Waals surface area contributed by atoms with Crippen molar-refractivity contribution in [1.82, 2.24) is 5.32 Å². The van der Waals surface area contributed by atoms with Gasteiger partial charge in [0.05, 0.1) is 22.7 Å². The molecule has 1 aliphatic heterocycles. The molecule has 1 aliphatic rings. The van der Waals surface area contributed by atoms with Crippen molar-refractivity contribution in [3.8, 4) is 11.5 Å². The van der Waals surface area contributed by atoms with Crippen LogP contribution in [0.25, 0.3) is 6.08 Å². The van der Waals surface area contributed by atoms with E-state index in [1.807, 2.05) is 0 Å².